The number of hydrogen-bond donors (Lipinski definition) is 3. The fraction of sp³-hybridized carbons (Fsp3) is 0.625. The number of anilines is 1. The van der Waals surface area contributed by atoms with Gasteiger partial charge in [0.1, 0.15) is 0 Å². The molecule has 0 atom stereocenters. The molecule has 17 heavy (non-hydrogen) atoms. The number of carbonyl (C=O) groups excluding carboxylic acids is 1. The van der Waals surface area contributed by atoms with Crippen LogP contribution < -0.4 is 10.6 Å². The van der Waals surface area contributed by atoms with Crippen LogP contribution in [0.5, 0.6) is 0 Å². The molecule has 92 valence electrons. The van der Waals surface area contributed by atoms with Crippen molar-refractivity contribution in [1.29, 1.82) is 0 Å². The predicted octanol–water partition coefficient (Wildman–Crippen LogP) is 0.452. The molecular weight excluding hydrogens is 246 g/mol. The maximum absolute atomic E-state index is 11.6. The quantitative estimate of drug-likeness (QED) is 0.721. The lowest BCUT2D eigenvalue weighted by atomic mass is 9.74. The van der Waals surface area contributed by atoms with E-state index in [1.807, 2.05) is 0 Å². The van der Waals surface area contributed by atoms with Crippen LogP contribution in [0.4, 0.5) is 9.93 Å². The molecule has 2 rings (SSSR count). The molecule has 1 aliphatic rings. The van der Waals surface area contributed by atoms with Crippen LogP contribution >= 0.6 is 11.5 Å². The smallest absolute Gasteiger partial charge is 0.321 e. The monoisotopic (exact) mass is 257 g/mol. The minimum atomic E-state index is -0.914. The van der Waals surface area contributed by atoms with Crippen molar-refractivity contribution < 1.29 is 14.7 Å². The van der Waals surface area contributed by atoms with Crippen molar-refractivity contribution in [3.8, 4) is 0 Å². The van der Waals surface area contributed by atoms with Crippen molar-refractivity contribution >= 4 is 28.7 Å². The predicted molar refractivity (Wildman–Crippen MR) is 58.7 cm³/mol. The van der Waals surface area contributed by atoms with Crippen molar-refractivity contribution in [3.05, 3.63) is 0 Å². The molecule has 1 heterocycles. The molecule has 0 aromatic carbocycles. The molecule has 0 radical (unpaired) electrons. The number of carboxylic acid groups (broad SMARTS) is 1. The van der Waals surface area contributed by atoms with Crippen LogP contribution in [0.2, 0.25) is 0 Å². The summed E-state index contributed by atoms with van der Waals surface area (Å²) >= 11 is 0.956. The number of rotatable bonds is 4. The first-order valence-electron chi connectivity index (χ1n) is 5.06. The first kappa shape index (κ1) is 11.7. The summed E-state index contributed by atoms with van der Waals surface area (Å²) in [5.41, 5.74) is -0.617. The number of amides is 2. The van der Waals surface area contributed by atoms with Gasteiger partial charge in [0.05, 0.1) is 12.0 Å². The summed E-state index contributed by atoms with van der Waals surface area (Å²) in [4.78, 5) is 22.3. The van der Waals surface area contributed by atoms with Crippen LogP contribution in [0.1, 0.15) is 25.7 Å². The van der Waals surface area contributed by atoms with Gasteiger partial charge in [0, 0.05) is 11.5 Å². The number of urea groups is 1. The fourth-order valence-electron chi connectivity index (χ4n) is 1.79. The lowest BCUT2D eigenvalue weighted by molar-refractivity contribution is -0.139. The van der Waals surface area contributed by atoms with Crippen LogP contribution in [0, 0.1) is 0 Å². The highest BCUT2D eigenvalue weighted by Gasteiger charge is 2.40. The SMILES string of the molecule is O=C(O)CC1(NC(=O)Nc2nnns2)CCC1. The number of hydrogen-bond acceptors (Lipinski definition) is 6. The highest BCUT2D eigenvalue weighted by Crippen LogP contribution is 2.34. The van der Waals surface area contributed by atoms with Crippen LogP contribution in [-0.4, -0.2) is 37.4 Å². The van der Waals surface area contributed by atoms with Gasteiger partial charge in [-0.15, -0.1) is 0 Å². The number of nitrogens with zero attached hydrogens (tertiary/aromatic N) is 3. The third kappa shape index (κ3) is 2.87. The molecule has 8 nitrogen and oxygen atoms in total. The van der Waals surface area contributed by atoms with Gasteiger partial charge in [-0.1, -0.05) is 9.59 Å². The Morgan fingerprint density at radius 1 is 1.47 bits per heavy atom. The van der Waals surface area contributed by atoms with Crippen LogP contribution in [-0.2, 0) is 4.79 Å². The largest absolute Gasteiger partial charge is 0.481 e. The van der Waals surface area contributed by atoms with Gasteiger partial charge >= 0.3 is 12.0 Å². The molecular formula is C8H11N5O3S. The van der Waals surface area contributed by atoms with Crippen molar-refractivity contribution in [1.82, 2.24) is 20.1 Å². The number of aromatic nitrogens is 3. The zero-order valence-corrected chi connectivity index (χ0v) is 9.66. The average Bonchev–Trinajstić information content (AvgIpc) is 2.66. The van der Waals surface area contributed by atoms with Crippen LogP contribution in [0.15, 0.2) is 0 Å². The molecule has 2 amide bonds. The Morgan fingerprint density at radius 2 is 2.24 bits per heavy atom. The van der Waals surface area contributed by atoms with Crippen LogP contribution in [0.3, 0.4) is 0 Å². The Kier molecular flexibility index (Phi) is 3.18. The third-order valence-electron chi connectivity index (χ3n) is 2.70. The molecule has 0 saturated heterocycles. The van der Waals surface area contributed by atoms with Gasteiger partial charge in [0.25, 0.3) is 0 Å². The summed E-state index contributed by atoms with van der Waals surface area (Å²) in [6, 6.07) is -0.468. The minimum absolute atomic E-state index is 0.0607. The molecule has 1 aromatic heterocycles. The average molecular weight is 257 g/mol. The van der Waals surface area contributed by atoms with E-state index in [9.17, 15) is 9.59 Å². The lowest BCUT2D eigenvalue weighted by Gasteiger charge is -2.41. The van der Waals surface area contributed by atoms with E-state index < -0.39 is 17.5 Å². The highest BCUT2D eigenvalue weighted by atomic mass is 32.1. The van der Waals surface area contributed by atoms with E-state index in [1.54, 1.807) is 0 Å². The number of carboxylic acids is 1. The van der Waals surface area contributed by atoms with Gasteiger partial charge in [-0.25, -0.2) is 4.79 Å². The Labute approximate surface area is 101 Å². The molecule has 1 fully saturated rings. The summed E-state index contributed by atoms with van der Waals surface area (Å²) < 4.78 is 3.50. The summed E-state index contributed by atoms with van der Waals surface area (Å²) in [6.45, 7) is 0. The van der Waals surface area contributed by atoms with E-state index in [4.69, 9.17) is 5.11 Å². The second-order valence-corrected chi connectivity index (χ2v) is 4.68. The molecule has 1 saturated carbocycles. The third-order valence-corrected chi connectivity index (χ3v) is 3.21. The maximum Gasteiger partial charge on any atom is 0.321 e. The van der Waals surface area contributed by atoms with Gasteiger partial charge in [0.15, 0.2) is 0 Å². The van der Waals surface area contributed by atoms with Gasteiger partial charge in [-0.3, -0.25) is 10.1 Å². The first-order chi connectivity index (χ1) is 8.10. The fourth-order valence-corrected chi connectivity index (χ4v) is 2.15. The van der Waals surface area contributed by atoms with Gasteiger partial charge < -0.3 is 10.4 Å². The summed E-state index contributed by atoms with van der Waals surface area (Å²) in [6.07, 6.45) is 2.23. The Bertz CT molecular complexity index is 417. The standard InChI is InChI=1S/C8H11N5O3S/c14-5(15)4-8(2-1-3-8)10-6(16)9-7-11-12-13-17-7/h1-4H2,(H,14,15)(H2,9,10,11,13,16). The summed E-state index contributed by atoms with van der Waals surface area (Å²) in [5, 5.41) is 21.1. The molecule has 1 aliphatic carbocycles. The lowest BCUT2D eigenvalue weighted by Crippen LogP contribution is -2.55. The summed E-state index contributed by atoms with van der Waals surface area (Å²) in [7, 11) is 0. The molecule has 0 unspecified atom stereocenters. The zero-order chi connectivity index (χ0) is 12.3. The van der Waals surface area contributed by atoms with Crippen molar-refractivity contribution in [2.75, 3.05) is 5.32 Å². The van der Waals surface area contributed by atoms with Crippen molar-refractivity contribution in [2.24, 2.45) is 0 Å². The first-order valence-corrected chi connectivity index (χ1v) is 5.83. The zero-order valence-electron chi connectivity index (χ0n) is 8.84. The van der Waals surface area contributed by atoms with Gasteiger partial charge in [-0.05, 0) is 24.5 Å². The van der Waals surface area contributed by atoms with Gasteiger partial charge in [0.2, 0.25) is 5.13 Å². The molecule has 0 spiro atoms. The van der Waals surface area contributed by atoms with E-state index in [0.29, 0.717) is 12.8 Å². The molecule has 0 bridgehead atoms. The van der Waals surface area contributed by atoms with E-state index >= 15 is 0 Å². The van der Waals surface area contributed by atoms with Gasteiger partial charge in [-0.2, -0.15) is 0 Å². The van der Waals surface area contributed by atoms with Crippen LogP contribution in [0.25, 0.3) is 0 Å². The summed E-state index contributed by atoms with van der Waals surface area (Å²) in [5.74, 6) is -0.914. The Morgan fingerprint density at radius 3 is 2.71 bits per heavy atom. The van der Waals surface area contributed by atoms with E-state index in [2.05, 4.69) is 25.4 Å². The molecule has 0 aliphatic heterocycles. The van der Waals surface area contributed by atoms with E-state index in [0.717, 1.165) is 18.0 Å². The topological polar surface area (TPSA) is 117 Å². The highest BCUT2D eigenvalue weighted by molar-refractivity contribution is 7.09. The maximum atomic E-state index is 11.6. The van der Waals surface area contributed by atoms with Crippen molar-refractivity contribution in [3.63, 3.8) is 0 Å². The number of aliphatic carboxylic acids is 1. The molecule has 9 heteroatoms. The molecule has 3 N–H and O–H groups in total. The second kappa shape index (κ2) is 4.62. The number of nitrogens with one attached hydrogen (secondary N) is 2. The Balaban J connectivity index is 1.90. The van der Waals surface area contributed by atoms with Crippen molar-refractivity contribution in [2.45, 2.75) is 31.2 Å². The normalized spacial score (nSPS) is 16.9. The van der Waals surface area contributed by atoms with E-state index in [-0.39, 0.29) is 11.6 Å². The molecule has 1 aromatic rings. The Hall–Kier alpha value is -1.77. The number of carbonyl (C=O) groups is 2. The van der Waals surface area contributed by atoms with E-state index in [1.165, 1.54) is 0 Å². The minimum Gasteiger partial charge on any atom is -0.481 e. The second-order valence-electron chi connectivity index (χ2n) is 3.95.